The third-order valence-electron chi connectivity index (χ3n) is 5.41. The van der Waals surface area contributed by atoms with Crippen molar-refractivity contribution in [3.8, 4) is 6.07 Å². The number of nitriles is 1. The second kappa shape index (κ2) is 6.01. The summed E-state index contributed by atoms with van der Waals surface area (Å²) in [6.45, 7) is 0.236. The first kappa shape index (κ1) is 16.4. The summed E-state index contributed by atoms with van der Waals surface area (Å²) in [5, 5.41) is 21.1. The molecule has 1 N–H and O–H groups in total. The minimum atomic E-state index is -1.23. The molecule has 0 radical (unpaired) electrons. The first-order chi connectivity index (χ1) is 12.1. The smallest absolute Gasteiger partial charge is 0.140 e. The molecule has 2 aromatic rings. The number of imidazole rings is 1. The summed E-state index contributed by atoms with van der Waals surface area (Å²) in [6.07, 6.45) is 9.74. The van der Waals surface area contributed by atoms with Crippen LogP contribution in [0.15, 0.2) is 42.9 Å². The number of alkyl halides is 1. The minimum absolute atomic E-state index is 0.236. The van der Waals surface area contributed by atoms with Gasteiger partial charge in [0, 0.05) is 0 Å². The van der Waals surface area contributed by atoms with Crippen LogP contribution in [0.25, 0.3) is 5.57 Å². The van der Waals surface area contributed by atoms with E-state index in [0.29, 0.717) is 5.69 Å². The van der Waals surface area contributed by atoms with Crippen LogP contribution in [0.3, 0.4) is 0 Å². The zero-order chi connectivity index (χ0) is 17.5. The van der Waals surface area contributed by atoms with Gasteiger partial charge in [-0.25, -0.2) is 4.98 Å². The van der Waals surface area contributed by atoms with Gasteiger partial charge in [-0.05, 0) is 48.8 Å². The first-order valence-electron chi connectivity index (χ1n) is 8.68. The van der Waals surface area contributed by atoms with Crippen molar-refractivity contribution in [1.29, 1.82) is 5.26 Å². The Balaban J connectivity index is 1.83. The highest BCUT2D eigenvalue weighted by molar-refractivity contribution is 6.27. The molecule has 2 aliphatic rings. The Morgan fingerprint density at radius 1 is 1.36 bits per heavy atom. The summed E-state index contributed by atoms with van der Waals surface area (Å²) in [5.41, 5.74) is 2.42. The maximum absolute atomic E-state index is 11.8. The van der Waals surface area contributed by atoms with Gasteiger partial charge in [0.15, 0.2) is 0 Å². The van der Waals surface area contributed by atoms with Crippen molar-refractivity contribution in [2.75, 3.05) is 0 Å². The Hall–Kier alpha value is -2.09. The van der Waals surface area contributed by atoms with E-state index in [4.69, 9.17) is 11.6 Å². The highest BCUT2D eigenvalue weighted by Gasteiger charge is 2.60. The number of halogens is 1. The van der Waals surface area contributed by atoms with Gasteiger partial charge in [0.05, 0.1) is 23.9 Å². The fourth-order valence-electron chi connectivity index (χ4n) is 3.82. The van der Waals surface area contributed by atoms with E-state index in [1.54, 1.807) is 10.9 Å². The predicted molar refractivity (Wildman–Crippen MR) is 97.1 cm³/mol. The number of aryl methyl sites for hydroxylation is 1. The molecule has 0 aliphatic heterocycles. The quantitative estimate of drug-likeness (QED) is 0.853. The second-order valence-electron chi connectivity index (χ2n) is 7.01. The van der Waals surface area contributed by atoms with Gasteiger partial charge >= 0.3 is 0 Å². The lowest BCUT2D eigenvalue weighted by atomic mass is 9.81. The van der Waals surface area contributed by atoms with E-state index in [2.05, 4.69) is 29.3 Å². The van der Waals surface area contributed by atoms with Crippen LogP contribution in [-0.4, -0.2) is 25.1 Å². The minimum Gasteiger partial charge on any atom is -0.381 e. The molecule has 1 unspecified atom stereocenters. The van der Waals surface area contributed by atoms with Gasteiger partial charge in [0.1, 0.15) is 17.4 Å². The molecular formula is C20H20ClN3O. The lowest BCUT2D eigenvalue weighted by Crippen LogP contribution is -2.46. The van der Waals surface area contributed by atoms with Gasteiger partial charge in [-0.3, -0.25) is 0 Å². The molecule has 128 valence electrons. The van der Waals surface area contributed by atoms with Crippen molar-refractivity contribution in [3.05, 3.63) is 59.7 Å². The maximum Gasteiger partial charge on any atom is 0.140 e. The Kier molecular flexibility index (Phi) is 3.94. The highest BCUT2D eigenvalue weighted by atomic mass is 35.5. The largest absolute Gasteiger partial charge is 0.381 e. The molecule has 1 aromatic carbocycles. The maximum atomic E-state index is 11.8. The van der Waals surface area contributed by atoms with Crippen LogP contribution < -0.4 is 0 Å². The van der Waals surface area contributed by atoms with E-state index >= 15 is 0 Å². The number of hydrogen-bond donors (Lipinski definition) is 1. The fraction of sp³-hybridized carbons (Fsp3) is 0.400. The normalized spacial score (nSPS) is 20.6. The van der Waals surface area contributed by atoms with Crippen molar-refractivity contribution in [3.63, 3.8) is 0 Å². The highest BCUT2D eigenvalue weighted by Crippen LogP contribution is 2.57. The van der Waals surface area contributed by atoms with E-state index in [1.165, 1.54) is 11.8 Å². The van der Waals surface area contributed by atoms with Gasteiger partial charge in [-0.2, -0.15) is 5.26 Å². The molecule has 25 heavy (non-hydrogen) atoms. The van der Waals surface area contributed by atoms with Gasteiger partial charge in [-0.1, -0.05) is 30.3 Å². The Labute approximate surface area is 152 Å². The molecule has 4 rings (SSSR count). The van der Waals surface area contributed by atoms with Crippen LogP contribution in [0, 0.1) is 11.3 Å². The average molecular weight is 354 g/mol. The number of aliphatic hydroxyl groups is 1. The third-order valence-corrected chi connectivity index (χ3v) is 6.10. The van der Waals surface area contributed by atoms with E-state index in [9.17, 15) is 10.4 Å². The van der Waals surface area contributed by atoms with Crippen molar-refractivity contribution < 1.29 is 5.11 Å². The molecule has 1 atom stereocenters. The van der Waals surface area contributed by atoms with Crippen LogP contribution in [0.1, 0.15) is 42.5 Å². The van der Waals surface area contributed by atoms with Crippen molar-refractivity contribution in [2.24, 2.45) is 0 Å². The zero-order valence-electron chi connectivity index (χ0n) is 14.0. The summed E-state index contributed by atoms with van der Waals surface area (Å²) < 4.78 is 1.71. The van der Waals surface area contributed by atoms with Crippen molar-refractivity contribution >= 4 is 17.2 Å². The average Bonchev–Trinajstić information content (AvgIpc) is 3.29. The molecule has 0 amide bonds. The number of aromatic nitrogens is 2. The van der Waals surface area contributed by atoms with E-state index < -0.39 is 10.5 Å². The zero-order valence-corrected chi connectivity index (χ0v) is 14.7. The third kappa shape index (κ3) is 2.68. The van der Waals surface area contributed by atoms with Gasteiger partial charge in [0.25, 0.3) is 0 Å². The monoisotopic (exact) mass is 353 g/mol. The van der Waals surface area contributed by atoms with Crippen LogP contribution in [0.5, 0.6) is 0 Å². The second-order valence-corrected chi connectivity index (χ2v) is 7.73. The molecule has 4 nitrogen and oxygen atoms in total. The van der Waals surface area contributed by atoms with E-state index in [0.717, 1.165) is 43.2 Å². The number of fused-ring (bicyclic) bond motifs is 1. The first-order valence-corrected chi connectivity index (χ1v) is 9.06. The lowest BCUT2D eigenvalue weighted by molar-refractivity contribution is 0.0694. The number of benzene rings is 1. The summed E-state index contributed by atoms with van der Waals surface area (Å²) >= 11 is 6.81. The molecule has 0 bridgehead atoms. The van der Waals surface area contributed by atoms with Gasteiger partial charge in [0.2, 0.25) is 0 Å². The van der Waals surface area contributed by atoms with Crippen molar-refractivity contribution in [2.45, 2.75) is 49.1 Å². The molecule has 0 spiro atoms. The number of allylic oxidation sites excluding steroid dienone is 1. The van der Waals surface area contributed by atoms with Crippen LogP contribution >= 0.6 is 11.6 Å². The molecule has 1 heterocycles. The number of hydrogen-bond acceptors (Lipinski definition) is 3. The SMILES string of the molecule is N#Cc1cncn1CC(O)(C1=CCCCc2ccccc21)C1(Cl)CC1. The summed E-state index contributed by atoms with van der Waals surface area (Å²) in [5.74, 6) is 0. The molecule has 1 aromatic heterocycles. The molecular weight excluding hydrogens is 334 g/mol. The van der Waals surface area contributed by atoms with Crippen molar-refractivity contribution in [1.82, 2.24) is 9.55 Å². The lowest BCUT2D eigenvalue weighted by Gasteiger charge is -2.36. The summed E-state index contributed by atoms with van der Waals surface area (Å²) in [6, 6.07) is 10.4. The fourth-order valence-corrected chi connectivity index (χ4v) is 4.08. The Bertz CT molecular complexity index is 875. The summed E-state index contributed by atoms with van der Waals surface area (Å²) in [4.78, 5) is 3.37. The van der Waals surface area contributed by atoms with Crippen LogP contribution in [0.2, 0.25) is 0 Å². The molecule has 1 fully saturated rings. The molecule has 2 aliphatic carbocycles. The molecule has 0 saturated heterocycles. The van der Waals surface area contributed by atoms with E-state index in [1.807, 2.05) is 12.1 Å². The Morgan fingerprint density at radius 3 is 2.92 bits per heavy atom. The summed E-state index contributed by atoms with van der Waals surface area (Å²) in [7, 11) is 0. The molecule has 5 heteroatoms. The topological polar surface area (TPSA) is 61.8 Å². The predicted octanol–water partition coefficient (Wildman–Crippen LogP) is 3.68. The standard InChI is InChI=1S/C20H20ClN3O/c21-19(9-10-19)20(25,13-24-14-23-12-16(24)11-22)18-8-4-2-6-15-5-1-3-7-17(15)18/h1,3,5,7-8,12,14,25H,2,4,6,9-10,13H2. The van der Waals surface area contributed by atoms with Crippen LogP contribution in [0.4, 0.5) is 0 Å². The number of rotatable bonds is 4. The Morgan fingerprint density at radius 2 is 2.16 bits per heavy atom. The molecule has 1 saturated carbocycles. The van der Waals surface area contributed by atoms with Gasteiger partial charge in [-0.15, -0.1) is 11.6 Å². The van der Waals surface area contributed by atoms with Crippen LogP contribution in [-0.2, 0) is 13.0 Å². The van der Waals surface area contributed by atoms with Gasteiger partial charge < -0.3 is 9.67 Å². The van der Waals surface area contributed by atoms with E-state index in [-0.39, 0.29) is 6.54 Å². The number of nitrogens with zero attached hydrogens (tertiary/aromatic N) is 3.